The zero-order valence-corrected chi connectivity index (χ0v) is 13.7. The van der Waals surface area contributed by atoms with Gasteiger partial charge in [-0.3, -0.25) is 9.48 Å². The van der Waals surface area contributed by atoms with E-state index >= 15 is 0 Å². The third-order valence-electron chi connectivity index (χ3n) is 4.08. The van der Waals surface area contributed by atoms with Gasteiger partial charge in [0.05, 0.1) is 5.69 Å². The number of likely N-dealkylation sites (tertiary alicyclic amines) is 1. The van der Waals surface area contributed by atoms with E-state index in [0.717, 1.165) is 31.2 Å². The van der Waals surface area contributed by atoms with Gasteiger partial charge in [0.15, 0.2) is 0 Å². The Labute approximate surface area is 127 Å². The number of nitrogens with one attached hydrogen (secondary N) is 1. The molecule has 5 nitrogen and oxygen atoms in total. The Morgan fingerprint density at radius 1 is 1.57 bits per heavy atom. The summed E-state index contributed by atoms with van der Waals surface area (Å²) in [5, 5.41) is 7.43. The average Bonchev–Trinajstić information content (AvgIpc) is 2.80. The Hall–Kier alpha value is -1.36. The molecule has 1 saturated heterocycles. The average molecular weight is 292 g/mol. The molecule has 1 aliphatic rings. The number of carbonyl (C=O) groups excluding carboxylic acids is 1. The van der Waals surface area contributed by atoms with Crippen LogP contribution in [0.3, 0.4) is 0 Å². The monoisotopic (exact) mass is 292 g/mol. The Kier molecular flexibility index (Phi) is 5.39. The minimum absolute atomic E-state index is 0.0185. The maximum absolute atomic E-state index is 12.4. The molecule has 1 fully saturated rings. The number of rotatable bonds is 5. The van der Waals surface area contributed by atoms with Gasteiger partial charge in [-0.1, -0.05) is 6.92 Å². The van der Waals surface area contributed by atoms with Gasteiger partial charge in [-0.15, -0.1) is 0 Å². The number of hydrogen-bond donors (Lipinski definition) is 1. The molecule has 21 heavy (non-hydrogen) atoms. The lowest BCUT2D eigenvalue weighted by molar-refractivity contribution is 0.0909. The Morgan fingerprint density at radius 3 is 3.00 bits per heavy atom. The van der Waals surface area contributed by atoms with Crippen LogP contribution in [0.2, 0.25) is 0 Å². The quantitative estimate of drug-likeness (QED) is 0.904. The molecule has 1 aliphatic heterocycles. The normalized spacial score (nSPS) is 21.2. The summed E-state index contributed by atoms with van der Waals surface area (Å²) < 4.78 is 1.76. The number of hydrogen-bond acceptors (Lipinski definition) is 3. The molecule has 0 bridgehead atoms. The summed E-state index contributed by atoms with van der Waals surface area (Å²) in [6.45, 7) is 12.2. The van der Waals surface area contributed by atoms with Crippen LogP contribution in [0.4, 0.5) is 0 Å². The standard InChI is InChI=1S/C16H28N4O/c1-5-20-15(9-13(3)18-20)16(21)17-14(4)11-19-8-6-7-12(2)10-19/h9,12,14H,5-8,10-11H2,1-4H3,(H,17,21)/t12-,14+/m0/s1. The van der Waals surface area contributed by atoms with Crippen molar-refractivity contribution in [1.82, 2.24) is 20.0 Å². The molecule has 0 aromatic carbocycles. The topological polar surface area (TPSA) is 50.2 Å². The van der Waals surface area contributed by atoms with Crippen molar-refractivity contribution in [2.24, 2.45) is 5.92 Å². The van der Waals surface area contributed by atoms with E-state index in [0.29, 0.717) is 12.2 Å². The molecule has 5 heteroatoms. The fourth-order valence-corrected chi connectivity index (χ4v) is 3.15. The highest BCUT2D eigenvalue weighted by Gasteiger charge is 2.20. The maximum Gasteiger partial charge on any atom is 0.269 e. The number of aromatic nitrogens is 2. The van der Waals surface area contributed by atoms with Gasteiger partial charge >= 0.3 is 0 Å². The molecule has 1 aromatic rings. The lowest BCUT2D eigenvalue weighted by Crippen LogP contribution is -2.45. The van der Waals surface area contributed by atoms with E-state index in [1.54, 1.807) is 4.68 Å². The molecule has 2 heterocycles. The predicted molar refractivity (Wildman–Crippen MR) is 84.4 cm³/mol. The van der Waals surface area contributed by atoms with E-state index in [2.05, 4.69) is 29.2 Å². The largest absolute Gasteiger partial charge is 0.347 e. The number of aryl methyl sites for hydroxylation is 2. The number of piperidine rings is 1. The first-order chi connectivity index (χ1) is 9.99. The van der Waals surface area contributed by atoms with Crippen LogP contribution in [0.5, 0.6) is 0 Å². The molecule has 0 unspecified atom stereocenters. The van der Waals surface area contributed by atoms with Crippen LogP contribution in [0, 0.1) is 12.8 Å². The van der Waals surface area contributed by atoms with Gasteiger partial charge in [-0.05, 0) is 52.1 Å². The van der Waals surface area contributed by atoms with Crippen molar-refractivity contribution in [3.05, 3.63) is 17.5 Å². The van der Waals surface area contributed by atoms with Crippen molar-refractivity contribution in [1.29, 1.82) is 0 Å². The summed E-state index contributed by atoms with van der Waals surface area (Å²) in [5.41, 5.74) is 1.55. The molecule has 118 valence electrons. The smallest absolute Gasteiger partial charge is 0.269 e. The summed E-state index contributed by atoms with van der Waals surface area (Å²) in [6.07, 6.45) is 2.59. The summed E-state index contributed by atoms with van der Waals surface area (Å²) in [4.78, 5) is 14.8. The molecular weight excluding hydrogens is 264 g/mol. The van der Waals surface area contributed by atoms with Crippen molar-refractivity contribution < 1.29 is 4.79 Å². The van der Waals surface area contributed by atoms with Crippen LogP contribution in [0.15, 0.2) is 6.07 Å². The molecule has 1 aromatic heterocycles. The van der Waals surface area contributed by atoms with Crippen LogP contribution in [0.1, 0.15) is 49.8 Å². The first kappa shape index (κ1) is 16.0. The van der Waals surface area contributed by atoms with E-state index in [1.165, 1.54) is 12.8 Å². The van der Waals surface area contributed by atoms with E-state index in [4.69, 9.17) is 0 Å². The molecule has 0 aliphatic carbocycles. The van der Waals surface area contributed by atoms with E-state index in [1.807, 2.05) is 19.9 Å². The van der Waals surface area contributed by atoms with E-state index < -0.39 is 0 Å². The number of carbonyl (C=O) groups is 1. The van der Waals surface area contributed by atoms with Crippen molar-refractivity contribution in [3.8, 4) is 0 Å². The summed E-state index contributed by atoms with van der Waals surface area (Å²) >= 11 is 0. The third kappa shape index (κ3) is 4.30. The van der Waals surface area contributed by atoms with Crippen LogP contribution < -0.4 is 5.32 Å². The highest BCUT2D eigenvalue weighted by molar-refractivity contribution is 5.92. The molecular formula is C16H28N4O. The minimum Gasteiger partial charge on any atom is -0.347 e. The fourth-order valence-electron chi connectivity index (χ4n) is 3.15. The Balaban J connectivity index is 1.89. The van der Waals surface area contributed by atoms with E-state index in [-0.39, 0.29) is 11.9 Å². The van der Waals surface area contributed by atoms with Gasteiger partial charge in [-0.25, -0.2) is 0 Å². The van der Waals surface area contributed by atoms with Gasteiger partial charge in [0.1, 0.15) is 5.69 Å². The van der Waals surface area contributed by atoms with Gasteiger partial charge in [-0.2, -0.15) is 5.10 Å². The molecule has 1 amide bonds. The molecule has 0 radical (unpaired) electrons. The van der Waals surface area contributed by atoms with Gasteiger partial charge in [0.2, 0.25) is 0 Å². The third-order valence-corrected chi connectivity index (χ3v) is 4.08. The molecule has 0 saturated carbocycles. The summed E-state index contributed by atoms with van der Waals surface area (Å²) in [5.74, 6) is 0.751. The highest BCUT2D eigenvalue weighted by atomic mass is 16.2. The molecule has 2 rings (SSSR count). The van der Waals surface area contributed by atoms with Crippen LogP contribution in [-0.2, 0) is 6.54 Å². The highest BCUT2D eigenvalue weighted by Crippen LogP contribution is 2.15. The molecule has 2 atom stereocenters. The van der Waals surface area contributed by atoms with Crippen LogP contribution in [0.25, 0.3) is 0 Å². The zero-order chi connectivity index (χ0) is 15.4. The minimum atomic E-state index is -0.0185. The van der Waals surface area contributed by atoms with Crippen LogP contribution >= 0.6 is 0 Å². The van der Waals surface area contributed by atoms with Gasteiger partial charge in [0, 0.05) is 25.7 Å². The summed E-state index contributed by atoms with van der Waals surface area (Å²) in [6, 6.07) is 2.01. The second kappa shape index (κ2) is 7.07. The second-order valence-corrected chi connectivity index (χ2v) is 6.37. The van der Waals surface area contributed by atoms with E-state index in [9.17, 15) is 4.79 Å². The van der Waals surface area contributed by atoms with Crippen LogP contribution in [-0.4, -0.2) is 46.3 Å². The van der Waals surface area contributed by atoms with Crippen molar-refractivity contribution in [2.45, 2.75) is 53.1 Å². The predicted octanol–water partition coefficient (Wildman–Crippen LogP) is 2.06. The Bertz CT molecular complexity index is 483. The zero-order valence-electron chi connectivity index (χ0n) is 13.7. The van der Waals surface area contributed by atoms with Gasteiger partial charge in [0.25, 0.3) is 5.91 Å². The van der Waals surface area contributed by atoms with Crippen molar-refractivity contribution in [3.63, 3.8) is 0 Å². The molecule has 1 N–H and O–H groups in total. The summed E-state index contributed by atoms with van der Waals surface area (Å²) in [7, 11) is 0. The fraction of sp³-hybridized carbons (Fsp3) is 0.750. The first-order valence-electron chi connectivity index (χ1n) is 8.07. The van der Waals surface area contributed by atoms with Crippen molar-refractivity contribution in [2.75, 3.05) is 19.6 Å². The lowest BCUT2D eigenvalue weighted by atomic mass is 10.00. The second-order valence-electron chi connectivity index (χ2n) is 6.37. The first-order valence-corrected chi connectivity index (χ1v) is 8.07. The Morgan fingerprint density at radius 2 is 2.33 bits per heavy atom. The lowest BCUT2D eigenvalue weighted by Gasteiger charge is -2.32. The SMILES string of the molecule is CCn1nc(C)cc1C(=O)N[C@H](C)CN1CCC[C@H](C)C1. The maximum atomic E-state index is 12.4. The molecule has 0 spiro atoms. The van der Waals surface area contributed by atoms with Crippen molar-refractivity contribution >= 4 is 5.91 Å². The number of nitrogens with zero attached hydrogens (tertiary/aromatic N) is 3. The number of amides is 1. The van der Waals surface area contributed by atoms with Gasteiger partial charge < -0.3 is 10.2 Å².